The van der Waals surface area contributed by atoms with Crippen LogP contribution in [0.25, 0.3) is 0 Å². The van der Waals surface area contributed by atoms with Gasteiger partial charge < -0.3 is 29.3 Å². The molecule has 3 saturated heterocycles. The van der Waals surface area contributed by atoms with E-state index in [2.05, 4.69) is 20.1 Å². The largest absolute Gasteiger partial charge is 0.455 e. The molecule has 9 atom stereocenters. The van der Waals surface area contributed by atoms with Gasteiger partial charge in [-0.1, -0.05) is 69.7 Å². The molecule has 0 aromatic heterocycles. The Labute approximate surface area is 286 Å². The topological polar surface area (TPSA) is 117 Å². The number of carbonyl (C=O) groups is 4. The van der Waals surface area contributed by atoms with E-state index in [4.69, 9.17) is 9.47 Å². The first kappa shape index (κ1) is 37.3. The highest BCUT2D eigenvalue weighted by Crippen LogP contribution is 2.59. The van der Waals surface area contributed by atoms with Gasteiger partial charge in [-0.2, -0.15) is 0 Å². The molecule has 4 rings (SSSR count). The zero-order chi connectivity index (χ0) is 35.3. The van der Waals surface area contributed by atoms with Crippen molar-refractivity contribution in [1.29, 1.82) is 0 Å². The highest BCUT2D eigenvalue weighted by atomic mass is 16.6. The van der Waals surface area contributed by atoms with E-state index in [-0.39, 0.29) is 42.7 Å². The van der Waals surface area contributed by atoms with Crippen LogP contribution in [0.1, 0.15) is 84.8 Å². The second-order valence-corrected chi connectivity index (χ2v) is 14.1. The van der Waals surface area contributed by atoms with Gasteiger partial charge in [-0.15, -0.1) is 13.2 Å². The number of esters is 1. The van der Waals surface area contributed by atoms with Crippen molar-refractivity contribution >= 4 is 23.7 Å². The average molecular weight is 666 g/mol. The summed E-state index contributed by atoms with van der Waals surface area (Å²) >= 11 is 0. The van der Waals surface area contributed by atoms with Crippen LogP contribution in [0.5, 0.6) is 0 Å². The van der Waals surface area contributed by atoms with Gasteiger partial charge in [-0.3, -0.25) is 19.2 Å². The van der Waals surface area contributed by atoms with Gasteiger partial charge in [0, 0.05) is 26.1 Å². The number of likely N-dealkylation sites (tertiary alicyclic amines) is 1. The van der Waals surface area contributed by atoms with Gasteiger partial charge in [0.2, 0.25) is 17.7 Å². The number of nitrogens with zero attached hydrogens (tertiary/aromatic N) is 3. The fourth-order valence-electron chi connectivity index (χ4n) is 8.10. The van der Waals surface area contributed by atoms with Gasteiger partial charge in [0.15, 0.2) is 0 Å². The minimum absolute atomic E-state index is 0.102. The third kappa shape index (κ3) is 6.83. The summed E-state index contributed by atoms with van der Waals surface area (Å²) < 4.78 is 13.0. The lowest BCUT2D eigenvalue weighted by Gasteiger charge is -2.41. The Balaban J connectivity index is 1.73. The second-order valence-electron chi connectivity index (χ2n) is 14.1. The Kier molecular flexibility index (Phi) is 12.3. The van der Waals surface area contributed by atoms with E-state index in [9.17, 15) is 24.3 Å². The van der Waals surface area contributed by atoms with E-state index in [1.165, 1.54) is 4.90 Å². The smallest absolute Gasteiger partial charge is 0.313 e. The molecular formula is C38H55N3O7. The molecule has 0 radical (unpaired) electrons. The molecule has 3 amide bonds. The van der Waals surface area contributed by atoms with Crippen molar-refractivity contribution in [2.45, 2.75) is 115 Å². The fraction of sp³-hybridized carbons (Fsp3) is 0.632. The molecule has 0 aliphatic carbocycles. The van der Waals surface area contributed by atoms with E-state index < -0.39 is 53.7 Å². The summed E-state index contributed by atoms with van der Waals surface area (Å²) in [5.74, 6) is -3.37. The first-order chi connectivity index (χ1) is 22.9. The maximum absolute atomic E-state index is 14.7. The SMILES string of the molecule is C=CCCC(=O)N(C)[C@H](C)[C@H](OC(=O)[C@@H]1[C@@H]2CC[C@]3(O2)[C@H](C(=O)N(CC=C)C(C)CCC)N([C@@H](CO)C(C)C)C(=O)[C@@H]13)c1ccccc1. The number of allylic oxidation sites excluding steroid dienone is 1. The predicted octanol–water partition coefficient (Wildman–Crippen LogP) is 4.68. The Morgan fingerprint density at radius 2 is 1.83 bits per heavy atom. The molecule has 264 valence electrons. The summed E-state index contributed by atoms with van der Waals surface area (Å²) in [6, 6.07) is 6.99. The number of fused-ring (bicyclic) bond motifs is 1. The van der Waals surface area contributed by atoms with Crippen molar-refractivity contribution in [2.24, 2.45) is 17.8 Å². The van der Waals surface area contributed by atoms with Crippen molar-refractivity contribution in [3.8, 4) is 0 Å². The molecule has 1 spiro atoms. The molecule has 48 heavy (non-hydrogen) atoms. The summed E-state index contributed by atoms with van der Waals surface area (Å²) in [4.78, 5) is 61.6. The molecule has 3 aliphatic rings. The molecule has 3 heterocycles. The maximum Gasteiger partial charge on any atom is 0.313 e. The monoisotopic (exact) mass is 665 g/mol. The summed E-state index contributed by atoms with van der Waals surface area (Å²) in [6.07, 6.45) is 5.34. The van der Waals surface area contributed by atoms with E-state index >= 15 is 0 Å². The van der Waals surface area contributed by atoms with Crippen LogP contribution in [-0.2, 0) is 28.7 Å². The van der Waals surface area contributed by atoms with Crippen LogP contribution in [-0.4, -0.2) is 99.6 Å². The number of rotatable bonds is 17. The summed E-state index contributed by atoms with van der Waals surface area (Å²) in [5, 5.41) is 10.6. The normalized spacial score (nSPS) is 26.8. The number of hydrogen-bond donors (Lipinski definition) is 1. The second kappa shape index (κ2) is 15.8. The molecule has 1 aromatic rings. The number of aliphatic hydroxyl groups is 1. The molecule has 10 nitrogen and oxygen atoms in total. The number of aliphatic hydroxyl groups excluding tert-OH is 1. The van der Waals surface area contributed by atoms with Crippen LogP contribution in [0.2, 0.25) is 0 Å². The average Bonchev–Trinajstić information content (AvgIpc) is 3.72. The van der Waals surface area contributed by atoms with Crippen LogP contribution in [0.15, 0.2) is 55.6 Å². The molecule has 1 N–H and O–H groups in total. The van der Waals surface area contributed by atoms with Crippen LogP contribution < -0.4 is 0 Å². The predicted molar refractivity (Wildman–Crippen MR) is 183 cm³/mol. The van der Waals surface area contributed by atoms with E-state index in [0.717, 1.165) is 18.4 Å². The number of hydrogen-bond acceptors (Lipinski definition) is 7. The van der Waals surface area contributed by atoms with Crippen LogP contribution in [0.4, 0.5) is 0 Å². The molecule has 10 heteroatoms. The van der Waals surface area contributed by atoms with Crippen molar-refractivity contribution in [2.75, 3.05) is 20.2 Å². The summed E-state index contributed by atoms with van der Waals surface area (Å²) in [5.41, 5.74) is -0.514. The number of benzene rings is 1. The molecule has 3 aliphatic heterocycles. The van der Waals surface area contributed by atoms with Crippen LogP contribution >= 0.6 is 0 Å². The lowest BCUT2D eigenvalue weighted by atomic mass is 9.70. The van der Waals surface area contributed by atoms with Crippen LogP contribution in [0, 0.1) is 17.8 Å². The van der Waals surface area contributed by atoms with Gasteiger partial charge in [-0.05, 0) is 51.0 Å². The first-order valence-corrected chi connectivity index (χ1v) is 17.5. The van der Waals surface area contributed by atoms with Gasteiger partial charge in [0.25, 0.3) is 0 Å². The number of amides is 3. The zero-order valence-electron chi connectivity index (χ0n) is 29.5. The van der Waals surface area contributed by atoms with Crippen LogP contribution in [0.3, 0.4) is 0 Å². The number of likely N-dealkylation sites (N-methyl/N-ethyl adjacent to an activating group) is 1. The first-order valence-electron chi connectivity index (χ1n) is 17.5. The summed E-state index contributed by atoms with van der Waals surface area (Å²) in [7, 11) is 1.69. The Bertz CT molecular complexity index is 1330. The maximum atomic E-state index is 14.7. The Morgan fingerprint density at radius 1 is 1.15 bits per heavy atom. The Hall–Kier alpha value is -3.50. The molecule has 2 bridgehead atoms. The van der Waals surface area contributed by atoms with E-state index in [1.54, 1.807) is 29.0 Å². The molecule has 3 fully saturated rings. The molecule has 0 saturated carbocycles. The standard InChI is InChI=1S/C38H55N3O7/c1-9-12-19-30(43)39(8)26(7)33(27-17-14-13-15-18-27)47-37(46)31-29-20-21-38(48-29)32(31)35(44)41(28(23-42)24(4)5)34(38)36(45)40(22-11-3)25(6)16-10-2/h9,11,13-15,17-18,24-26,28-29,31-34,42H,1,3,10,12,16,19-23H2,2,4-8H3/t25?,26-,28+,29+,31-,32-,33+,34+,38-/m1/s1. The van der Waals surface area contributed by atoms with Crippen molar-refractivity contribution < 1.29 is 33.8 Å². The van der Waals surface area contributed by atoms with E-state index in [0.29, 0.717) is 25.8 Å². The lowest BCUT2D eigenvalue weighted by molar-refractivity contribution is -0.165. The Morgan fingerprint density at radius 3 is 2.42 bits per heavy atom. The number of ether oxygens (including phenoxy) is 2. The minimum atomic E-state index is -1.23. The minimum Gasteiger partial charge on any atom is -0.455 e. The fourth-order valence-corrected chi connectivity index (χ4v) is 8.10. The molecular weight excluding hydrogens is 610 g/mol. The third-order valence-corrected chi connectivity index (χ3v) is 10.8. The highest BCUT2D eigenvalue weighted by molar-refractivity contribution is 5.98. The quantitative estimate of drug-likeness (QED) is 0.190. The highest BCUT2D eigenvalue weighted by Gasteiger charge is 2.76. The van der Waals surface area contributed by atoms with Crippen molar-refractivity contribution in [1.82, 2.24) is 14.7 Å². The number of carbonyl (C=O) groups excluding carboxylic acids is 4. The van der Waals surface area contributed by atoms with Crippen molar-refractivity contribution in [3.05, 3.63) is 61.2 Å². The zero-order valence-corrected chi connectivity index (χ0v) is 29.5. The van der Waals surface area contributed by atoms with Gasteiger partial charge in [0.05, 0.1) is 36.6 Å². The molecule has 1 unspecified atom stereocenters. The van der Waals surface area contributed by atoms with Gasteiger partial charge >= 0.3 is 5.97 Å². The van der Waals surface area contributed by atoms with Crippen molar-refractivity contribution in [3.63, 3.8) is 0 Å². The molecule has 1 aromatic carbocycles. The van der Waals surface area contributed by atoms with Gasteiger partial charge in [0.1, 0.15) is 17.7 Å². The van der Waals surface area contributed by atoms with Gasteiger partial charge in [-0.25, -0.2) is 0 Å². The lowest BCUT2D eigenvalue weighted by Crippen LogP contribution is -2.60. The third-order valence-electron chi connectivity index (χ3n) is 10.8. The summed E-state index contributed by atoms with van der Waals surface area (Å²) in [6.45, 7) is 17.3. The van der Waals surface area contributed by atoms with E-state index in [1.807, 2.05) is 58.0 Å².